The minimum atomic E-state index is -0.724. The van der Waals surface area contributed by atoms with Gasteiger partial charge in [-0.05, 0) is 42.1 Å². The van der Waals surface area contributed by atoms with Crippen molar-refractivity contribution in [3.63, 3.8) is 0 Å². The topological polar surface area (TPSA) is 81.7 Å². The van der Waals surface area contributed by atoms with Gasteiger partial charge in [0, 0.05) is 36.9 Å². The van der Waals surface area contributed by atoms with Crippen LogP contribution in [0.15, 0.2) is 41.8 Å². The Kier molecular flexibility index (Phi) is 6.34. The number of rotatable bonds is 6. The van der Waals surface area contributed by atoms with E-state index < -0.39 is 17.9 Å². The minimum absolute atomic E-state index is 0.227. The SMILES string of the molecule is CN(C)c1ccc(NC(=O)C(=O)NCC[C@H](O)c2cccs2)cc1. The van der Waals surface area contributed by atoms with Crippen LogP contribution >= 0.6 is 11.3 Å². The van der Waals surface area contributed by atoms with Crippen LogP contribution in [-0.4, -0.2) is 37.6 Å². The first kappa shape index (κ1) is 18.0. The van der Waals surface area contributed by atoms with E-state index in [1.54, 1.807) is 12.1 Å². The van der Waals surface area contributed by atoms with Crippen molar-refractivity contribution < 1.29 is 14.7 Å². The summed E-state index contributed by atoms with van der Waals surface area (Å²) in [5.41, 5.74) is 1.55. The molecule has 2 aromatic rings. The molecule has 0 aliphatic carbocycles. The summed E-state index contributed by atoms with van der Waals surface area (Å²) in [5, 5.41) is 16.9. The standard InChI is InChI=1S/C17H21N3O3S/c1-20(2)13-7-5-12(6-8-13)19-17(23)16(22)18-10-9-14(21)15-4-3-11-24-15/h3-8,11,14,21H,9-10H2,1-2H3,(H,18,22)(H,19,23)/t14-/m0/s1. The van der Waals surface area contributed by atoms with Crippen LogP contribution in [0.3, 0.4) is 0 Å². The van der Waals surface area contributed by atoms with Gasteiger partial charge in [-0.15, -0.1) is 11.3 Å². The summed E-state index contributed by atoms with van der Waals surface area (Å²) in [4.78, 5) is 26.4. The molecule has 1 aromatic heterocycles. The summed E-state index contributed by atoms with van der Waals surface area (Å²) < 4.78 is 0. The van der Waals surface area contributed by atoms with Gasteiger partial charge < -0.3 is 20.6 Å². The molecular formula is C17H21N3O3S. The van der Waals surface area contributed by atoms with Crippen molar-refractivity contribution in [2.75, 3.05) is 30.9 Å². The number of carbonyl (C=O) groups is 2. The fourth-order valence-electron chi connectivity index (χ4n) is 2.06. The zero-order chi connectivity index (χ0) is 17.5. The number of aliphatic hydroxyl groups excluding tert-OH is 1. The number of benzene rings is 1. The van der Waals surface area contributed by atoms with Crippen LogP contribution in [0.1, 0.15) is 17.4 Å². The van der Waals surface area contributed by atoms with Crippen molar-refractivity contribution in [3.05, 3.63) is 46.7 Å². The predicted molar refractivity (Wildman–Crippen MR) is 96.3 cm³/mol. The van der Waals surface area contributed by atoms with Gasteiger partial charge in [0.15, 0.2) is 0 Å². The van der Waals surface area contributed by atoms with Gasteiger partial charge in [-0.1, -0.05) is 6.07 Å². The number of nitrogens with one attached hydrogen (secondary N) is 2. The van der Waals surface area contributed by atoms with Gasteiger partial charge in [-0.2, -0.15) is 0 Å². The van der Waals surface area contributed by atoms with Crippen LogP contribution < -0.4 is 15.5 Å². The normalized spacial score (nSPS) is 11.6. The summed E-state index contributed by atoms with van der Waals surface area (Å²) in [6, 6.07) is 10.9. The zero-order valence-electron chi connectivity index (χ0n) is 13.7. The maximum atomic E-state index is 11.8. The number of carbonyl (C=O) groups excluding carboxylic acids is 2. The molecular weight excluding hydrogens is 326 g/mol. The summed E-state index contributed by atoms with van der Waals surface area (Å²) in [6.45, 7) is 0.227. The highest BCUT2D eigenvalue weighted by Crippen LogP contribution is 2.21. The number of aliphatic hydroxyl groups is 1. The average Bonchev–Trinajstić information content (AvgIpc) is 3.09. The van der Waals surface area contributed by atoms with Crippen molar-refractivity contribution in [1.82, 2.24) is 5.32 Å². The Bertz CT molecular complexity index is 669. The molecule has 128 valence electrons. The summed E-state index contributed by atoms with van der Waals surface area (Å²) in [5.74, 6) is -1.44. The third kappa shape index (κ3) is 5.07. The van der Waals surface area contributed by atoms with E-state index in [1.165, 1.54) is 11.3 Å². The summed E-state index contributed by atoms with van der Waals surface area (Å²) in [7, 11) is 3.84. The molecule has 0 aliphatic rings. The highest BCUT2D eigenvalue weighted by Gasteiger charge is 2.15. The van der Waals surface area contributed by atoms with Gasteiger partial charge in [0.1, 0.15) is 0 Å². The van der Waals surface area contributed by atoms with Crippen molar-refractivity contribution in [2.24, 2.45) is 0 Å². The molecule has 24 heavy (non-hydrogen) atoms. The van der Waals surface area contributed by atoms with Crippen molar-refractivity contribution >= 4 is 34.5 Å². The fourth-order valence-corrected chi connectivity index (χ4v) is 2.80. The lowest BCUT2D eigenvalue weighted by atomic mass is 10.2. The fraction of sp³-hybridized carbons (Fsp3) is 0.294. The third-order valence-electron chi connectivity index (χ3n) is 3.42. The molecule has 1 atom stereocenters. The summed E-state index contributed by atoms with van der Waals surface area (Å²) in [6.07, 6.45) is -0.274. The van der Waals surface area contributed by atoms with E-state index in [1.807, 2.05) is 48.6 Å². The molecule has 0 saturated heterocycles. The van der Waals surface area contributed by atoms with Crippen molar-refractivity contribution in [2.45, 2.75) is 12.5 Å². The number of thiophene rings is 1. The first-order chi connectivity index (χ1) is 11.5. The molecule has 6 nitrogen and oxygen atoms in total. The van der Waals surface area contributed by atoms with E-state index in [2.05, 4.69) is 10.6 Å². The second kappa shape index (κ2) is 8.47. The van der Waals surface area contributed by atoms with Crippen LogP contribution in [-0.2, 0) is 9.59 Å². The zero-order valence-corrected chi connectivity index (χ0v) is 14.5. The molecule has 0 spiro atoms. The highest BCUT2D eigenvalue weighted by molar-refractivity contribution is 7.10. The number of hydrogen-bond donors (Lipinski definition) is 3. The van der Waals surface area contributed by atoms with E-state index in [-0.39, 0.29) is 6.54 Å². The number of amides is 2. The second-order valence-electron chi connectivity index (χ2n) is 5.47. The Morgan fingerprint density at radius 2 is 1.88 bits per heavy atom. The number of nitrogens with zero attached hydrogens (tertiary/aromatic N) is 1. The molecule has 7 heteroatoms. The van der Waals surface area contributed by atoms with Gasteiger partial charge in [0.05, 0.1) is 6.10 Å². The molecule has 1 aromatic carbocycles. The van der Waals surface area contributed by atoms with Crippen molar-refractivity contribution in [3.8, 4) is 0 Å². The largest absolute Gasteiger partial charge is 0.388 e. The second-order valence-corrected chi connectivity index (χ2v) is 6.45. The Morgan fingerprint density at radius 3 is 2.46 bits per heavy atom. The van der Waals surface area contributed by atoms with E-state index >= 15 is 0 Å². The smallest absolute Gasteiger partial charge is 0.313 e. The van der Waals surface area contributed by atoms with Gasteiger partial charge >= 0.3 is 11.8 Å². The molecule has 2 amide bonds. The molecule has 0 aliphatic heterocycles. The maximum absolute atomic E-state index is 11.8. The number of hydrogen-bond acceptors (Lipinski definition) is 5. The molecule has 0 radical (unpaired) electrons. The Morgan fingerprint density at radius 1 is 1.17 bits per heavy atom. The minimum Gasteiger partial charge on any atom is -0.388 e. The van der Waals surface area contributed by atoms with Gasteiger partial charge in [-0.25, -0.2) is 0 Å². The van der Waals surface area contributed by atoms with Crippen LogP contribution in [0.4, 0.5) is 11.4 Å². The Hall–Kier alpha value is -2.38. The molecule has 3 N–H and O–H groups in total. The van der Waals surface area contributed by atoms with E-state index in [9.17, 15) is 14.7 Å². The lowest BCUT2D eigenvalue weighted by Crippen LogP contribution is -2.36. The van der Waals surface area contributed by atoms with Crippen LogP contribution in [0.5, 0.6) is 0 Å². The Labute approximate surface area is 145 Å². The molecule has 0 saturated carbocycles. The lowest BCUT2D eigenvalue weighted by Gasteiger charge is -2.13. The van der Waals surface area contributed by atoms with E-state index in [0.29, 0.717) is 12.1 Å². The van der Waals surface area contributed by atoms with Crippen LogP contribution in [0, 0.1) is 0 Å². The first-order valence-corrected chi connectivity index (χ1v) is 8.43. The van der Waals surface area contributed by atoms with Crippen LogP contribution in [0.2, 0.25) is 0 Å². The van der Waals surface area contributed by atoms with Gasteiger partial charge in [0.25, 0.3) is 0 Å². The molecule has 0 bridgehead atoms. The molecule has 2 rings (SSSR count). The highest BCUT2D eigenvalue weighted by atomic mass is 32.1. The van der Waals surface area contributed by atoms with Crippen molar-refractivity contribution in [1.29, 1.82) is 0 Å². The van der Waals surface area contributed by atoms with Gasteiger partial charge in [0.2, 0.25) is 0 Å². The van der Waals surface area contributed by atoms with Gasteiger partial charge in [-0.3, -0.25) is 9.59 Å². The Balaban J connectivity index is 1.76. The lowest BCUT2D eigenvalue weighted by molar-refractivity contribution is -0.136. The third-order valence-corrected chi connectivity index (χ3v) is 4.40. The molecule has 0 fully saturated rings. The molecule has 1 heterocycles. The molecule has 0 unspecified atom stereocenters. The van der Waals surface area contributed by atoms with E-state index in [4.69, 9.17) is 0 Å². The monoisotopic (exact) mass is 347 g/mol. The van der Waals surface area contributed by atoms with Crippen LogP contribution in [0.25, 0.3) is 0 Å². The quantitative estimate of drug-likeness (QED) is 0.698. The first-order valence-electron chi connectivity index (χ1n) is 7.55. The average molecular weight is 347 g/mol. The number of anilines is 2. The maximum Gasteiger partial charge on any atom is 0.313 e. The predicted octanol–water partition coefficient (Wildman–Crippen LogP) is 1.99. The summed E-state index contributed by atoms with van der Waals surface area (Å²) >= 11 is 1.46. The van der Waals surface area contributed by atoms with E-state index in [0.717, 1.165) is 10.6 Å².